The Morgan fingerprint density at radius 2 is 0.689 bits per heavy atom. The van der Waals surface area contributed by atoms with Crippen molar-refractivity contribution in [3.63, 3.8) is 0 Å². The lowest BCUT2D eigenvalue weighted by Gasteiger charge is -2.21. The Kier molecular flexibility index (Phi) is 30.8. The summed E-state index contributed by atoms with van der Waals surface area (Å²) in [4.78, 5) is 0. The predicted molar refractivity (Wildman–Crippen MR) is 202 cm³/mol. The first kappa shape index (κ1) is 44.7. The zero-order valence-corrected chi connectivity index (χ0v) is 29.1. The molecule has 8 N–H and O–H groups in total. The van der Waals surface area contributed by atoms with Gasteiger partial charge in [-0.15, -0.1) is 0 Å². The van der Waals surface area contributed by atoms with Crippen LogP contribution in [0.3, 0.4) is 0 Å². The minimum absolute atomic E-state index is 0. The van der Waals surface area contributed by atoms with Crippen LogP contribution < -0.4 is 42.5 Å². The van der Waals surface area contributed by atoms with Gasteiger partial charge in [0.25, 0.3) is 0 Å². The van der Waals surface area contributed by atoms with Crippen LogP contribution in [0.25, 0.3) is 0 Å². The van der Waals surface area contributed by atoms with Crippen LogP contribution in [0.15, 0.2) is 0 Å². The van der Waals surface area contributed by atoms with Gasteiger partial charge in [0.15, 0.2) is 0 Å². The maximum absolute atomic E-state index is 3.68. The van der Waals surface area contributed by atoms with Gasteiger partial charge in [-0.05, 0) is 161 Å². The highest BCUT2D eigenvalue weighted by atomic mass is 15.0. The van der Waals surface area contributed by atoms with Crippen molar-refractivity contribution in [1.29, 1.82) is 0 Å². The third kappa shape index (κ3) is 20.6. The molecule has 0 amide bonds. The highest BCUT2D eigenvalue weighted by Crippen LogP contribution is 2.26. The third-order valence-corrected chi connectivity index (χ3v) is 9.97. The van der Waals surface area contributed by atoms with E-state index in [1.165, 1.54) is 96.7 Å². The Hall–Kier alpha value is -0.320. The molecule has 0 saturated heterocycles. The van der Waals surface area contributed by atoms with Crippen molar-refractivity contribution in [2.45, 2.75) is 138 Å². The summed E-state index contributed by atoms with van der Waals surface area (Å²) in [5.74, 6) is 2.55. The van der Waals surface area contributed by atoms with E-state index >= 15 is 0 Å². The lowest BCUT2D eigenvalue weighted by atomic mass is 10.0. The first-order valence-corrected chi connectivity index (χ1v) is 19.0. The van der Waals surface area contributed by atoms with Gasteiger partial charge < -0.3 is 42.5 Å². The minimum Gasteiger partial charge on any atom is -0.317 e. The zero-order valence-electron chi connectivity index (χ0n) is 29.1. The molecule has 0 heterocycles. The largest absolute Gasteiger partial charge is 0.317 e. The van der Waals surface area contributed by atoms with Gasteiger partial charge in [-0.3, -0.25) is 0 Å². The van der Waals surface area contributed by atoms with Crippen molar-refractivity contribution < 1.29 is 0 Å². The van der Waals surface area contributed by atoms with Crippen molar-refractivity contribution in [3.8, 4) is 0 Å². The van der Waals surface area contributed by atoms with Gasteiger partial charge in [0.05, 0.1) is 0 Å². The van der Waals surface area contributed by atoms with Gasteiger partial charge in [0.1, 0.15) is 0 Å². The van der Waals surface area contributed by atoms with E-state index in [0.29, 0.717) is 0 Å². The van der Waals surface area contributed by atoms with E-state index in [9.17, 15) is 0 Å². The average molecular weight is 641 g/mol. The monoisotopic (exact) mass is 641 g/mol. The third-order valence-electron chi connectivity index (χ3n) is 9.97. The van der Waals surface area contributed by atoms with Crippen LogP contribution >= 0.6 is 0 Å². The second-order valence-corrected chi connectivity index (χ2v) is 13.3. The molecule has 6 atom stereocenters. The SMILES string of the molecule is C.C.CCNC1CCCC1CNCCCNCC1CCCC1NCC.CCNCCCNCCCNCC1CCCC1NCC. The molecular weight excluding hydrogens is 556 g/mol. The van der Waals surface area contributed by atoms with Gasteiger partial charge in [-0.2, -0.15) is 0 Å². The van der Waals surface area contributed by atoms with E-state index in [-0.39, 0.29) is 14.9 Å². The van der Waals surface area contributed by atoms with Crippen molar-refractivity contribution in [1.82, 2.24) is 42.5 Å². The Bertz CT molecular complexity index is 581. The first-order chi connectivity index (χ1) is 21.2. The summed E-state index contributed by atoms with van der Waals surface area (Å²) in [5.41, 5.74) is 0. The van der Waals surface area contributed by atoms with Crippen molar-refractivity contribution in [3.05, 3.63) is 0 Å². The fourth-order valence-electron chi connectivity index (χ4n) is 7.62. The Morgan fingerprint density at radius 3 is 1.00 bits per heavy atom. The lowest BCUT2D eigenvalue weighted by Crippen LogP contribution is -2.39. The molecule has 272 valence electrons. The zero-order chi connectivity index (χ0) is 30.8. The average Bonchev–Trinajstić information content (AvgIpc) is 3.77. The molecule has 8 nitrogen and oxygen atoms in total. The Morgan fingerprint density at radius 1 is 0.378 bits per heavy atom. The van der Waals surface area contributed by atoms with Crippen LogP contribution in [0.5, 0.6) is 0 Å². The molecule has 3 rings (SSSR count). The lowest BCUT2D eigenvalue weighted by molar-refractivity contribution is 0.376. The molecule has 0 aromatic rings. The Labute approximate surface area is 282 Å². The molecule has 0 aromatic carbocycles. The smallest absolute Gasteiger partial charge is 0.0107 e. The quantitative estimate of drug-likeness (QED) is 0.0680. The van der Waals surface area contributed by atoms with Gasteiger partial charge >= 0.3 is 0 Å². The molecule has 3 saturated carbocycles. The van der Waals surface area contributed by atoms with Gasteiger partial charge in [-0.1, -0.05) is 61.8 Å². The van der Waals surface area contributed by atoms with Crippen molar-refractivity contribution >= 4 is 0 Å². The van der Waals surface area contributed by atoms with Crippen LogP contribution in [0.2, 0.25) is 0 Å². The molecule has 3 fully saturated rings. The predicted octanol–water partition coefficient (Wildman–Crippen LogP) is 4.72. The maximum Gasteiger partial charge on any atom is 0.0107 e. The van der Waals surface area contributed by atoms with Crippen LogP contribution in [0.4, 0.5) is 0 Å². The number of rotatable bonds is 25. The molecule has 0 bridgehead atoms. The molecule has 45 heavy (non-hydrogen) atoms. The fourth-order valence-corrected chi connectivity index (χ4v) is 7.62. The molecule has 8 heteroatoms. The van der Waals surface area contributed by atoms with Gasteiger partial charge in [-0.25, -0.2) is 0 Å². The molecule has 0 spiro atoms. The molecular formula is C37H84N8. The van der Waals surface area contributed by atoms with E-state index in [1.54, 1.807) is 0 Å². The van der Waals surface area contributed by atoms with E-state index in [0.717, 1.165) is 101 Å². The highest BCUT2D eigenvalue weighted by Gasteiger charge is 2.27. The standard InChI is InChI=1S/C19H40N4.C16H36N4.2CH4/c1-3-22-18-10-5-8-16(18)14-20-12-7-13-21-15-17-9-6-11-19(17)23-4-2;1-3-17-10-6-11-18-12-7-13-19-14-15-8-5-9-16(15)20-4-2;;/h16-23H,3-15H2,1-2H3;15-20H,3-14H2,1-2H3;2*1H4. The van der Waals surface area contributed by atoms with Crippen molar-refractivity contribution in [2.75, 3.05) is 85.1 Å². The summed E-state index contributed by atoms with van der Waals surface area (Å²) in [5, 5.41) is 28.8. The van der Waals surface area contributed by atoms with Crippen LogP contribution in [0, 0.1) is 17.8 Å². The van der Waals surface area contributed by atoms with E-state index in [4.69, 9.17) is 0 Å². The highest BCUT2D eigenvalue weighted by molar-refractivity contribution is 4.86. The van der Waals surface area contributed by atoms with Crippen LogP contribution in [-0.4, -0.2) is 103 Å². The topological polar surface area (TPSA) is 96.2 Å². The van der Waals surface area contributed by atoms with Crippen LogP contribution in [0.1, 0.15) is 120 Å². The summed E-state index contributed by atoms with van der Waals surface area (Å²) in [6, 6.07) is 2.28. The minimum atomic E-state index is 0. The second-order valence-electron chi connectivity index (χ2n) is 13.3. The van der Waals surface area contributed by atoms with E-state index < -0.39 is 0 Å². The molecule has 0 radical (unpaired) electrons. The summed E-state index contributed by atoms with van der Waals surface area (Å²) >= 11 is 0. The number of hydrogen-bond donors (Lipinski definition) is 8. The van der Waals surface area contributed by atoms with Crippen LogP contribution in [-0.2, 0) is 0 Å². The van der Waals surface area contributed by atoms with E-state index in [1.807, 2.05) is 0 Å². The van der Waals surface area contributed by atoms with Gasteiger partial charge in [0, 0.05) is 18.1 Å². The van der Waals surface area contributed by atoms with Gasteiger partial charge in [0.2, 0.25) is 0 Å². The summed E-state index contributed by atoms with van der Waals surface area (Å²) in [6.07, 6.45) is 16.2. The maximum atomic E-state index is 3.68. The van der Waals surface area contributed by atoms with E-state index in [2.05, 4.69) is 70.2 Å². The Balaban J connectivity index is 0.000000832. The normalized spacial score (nSPS) is 25.9. The summed E-state index contributed by atoms with van der Waals surface area (Å²) in [7, 11) is 0. The fraction of sp³-hybridized carbons (Fsp3) is 1.00. The summed E-state index contributed by atoms with van der Waals surface area (Å²) in [6.45, 7) is 23.7. The number of nitrogens with one attached hydrogen (secondary N) is 8. The number of hydrogen-bond acceptors (Lipinski definition) is 8. The molecule has 0 aliphatic heterocycles. The molecule has 3 aliphatic carbocycles. The second kappa shape index (κ2) is 31.0. The molecule has 3 aliphatic rings. The first-order valence-electron chi connectivity index (χ1n) is 19.0. The molecule has 0 aromatic heterocycles. The summed E-state index contributed by atoms with van der Waals surface area (Å²) < 4.78 is 0. The van der Waals surface area contributed by atoms with Crippen molar-refractivity contribution in [2.24, 2.45) is 17.8 Å². The molecule has 6 unspecified atom stereocenters.